The number of hydrogen-bond donors (Lipinski definition) is 2. The molecule has 0 atom stereocenters. The average Bonchev–Trinajstić information content (AvgIpc) is 3.17. The van der Waals surface area contributed by atoms with Crippen molar-refractivity contribution in [1.82, 2.24) is 20.4 Å². The number of aryl methyl sites for hydroxylation is 1. The molecule has 160 valence electrons. The third kappa shape index (κ3) is 6.30. The highest BCUT2D eigenvalue weighted by molar-refractivity contribution is 14.0. The highest BCUT2D eigenvalue weighted by atomic mass is 127. The van der Waals surface area contributed by atoms with E-state index in [0.717, 1.165) is 22.4 Å². The number of aromatic nitrogens is 2. The van der Waals surface area contributed by atoms with Gasteiger partial charge in [-0.1, -0.05) is 30.3 Å². The lowest BCUT2D eigenvalue weighted by Crippen LogP contribution is -2.36. The van der Waals surface area contributed by atoms with Gasteiger partial charge in [0, 0.05) is 38.2 Å². The van der Waals surface area contributed by atoms with Gasteiger partial charge in [-0.15, -0.1) is 24.0 Å². The molecule has 30 heavy (non-hydrogen) atoms. The third-order valence-corrected chi connectivity index (χ3v) is 5.70. The van der Waals surface area contributed by atoms with E-state index in [1.54, 1.807) is 20.0 Å². The first-order valence-electron chi connectivity index (χ1n) is 9.20. The first kappa shape index (κ1) is 23.9. The van der Waals surface area contributed by atoms with E-state index in [-0.39, 0.29) is 24.0 Å². The molecule has 0 saturated carbocycles. The van der Waals surface area contributed by atoms with Gasteiger partial charge in [0.05, 0.1) is 16.8 Å². The van der Waals surface area contributed by atoms with Crippen LogP contribution in [0.25, 0.3) is 5.69 Å². The molecule has 3 rings (SSSR count). The van der Waals surface area contributed by atoms with Gasteiger partial charge in [-0.05, 0) is 36.2 Å². The molecule has 0 unspecified atom stereocenters. The number of halogens is 1. The summed E-state index contributed by atoms with van der Waals surface area (Å²) in [7, 11) is -1.50. The minimum atomic E-state index is -3.21. The van der Waals surface area contributed by atoms with Crippen LogP contribution in [0, 0.1) is 6.92 Å². The van der Waals surface area contributed by atoms with Crippen LogP contribution in [0.2, 0.25) is 0 Å². The Morgan fingerprint density at radius 3 is 2.33 bits per heavy atom. The Labute approximate surface area is 194 Å². The number of guanidine groups is 1. The highest BCUT2D eigenvalue weighted by Gasteiger charge is 2.11. The maximum absolute atomic E-state index is 11.7. The first-order valence-corrected chi connectivity index (χ1v) is 11.1. The Morgan fingerprint density at radius 2 is 1.73 bits per heavy atom. The summed E-state index contributed by atoms with van der Waals surface area (Å²) < 4.78 is 25.3. The van der Waals surface area contributed by atoms with E-state index >= 15 is 0 Å². The normalized spacial score (nSPS) is 11.6. The molecular weight excluding hydrogens is 513 g/mol. The predicted molar refractivity (Wildman–Crippen MR) is 130 cm³/mol. The number of para-hydroxylation sites is 1. The van der Waals surface area contributed by atoms with Crippen molar-refractivity contribution in [2.75, 3.05) is 13.3 Å². The van der Waals surface area contributed by atoms with Gasteiger partial charge in [-0.2, -0.15) is 5.10 Å². The van der Waals surface area contributed by atoms with Crippen molar-refractivity contribution in [3.8, 4) is 5.69 Å². The molecule has 0 aliphatic heterocycles. The molecule has 2 N–H and O–H groups in total. The van der Waals surface area contributed by atoms with Crippen molar-refractivity contribution < 1.29 is 8.42 Å². The lowest BCUT2D eigenvalue weighted by Gasteiger charge is -2.12. The van der Waals surface area contributed by atoms with Crippen LogP contribution in [-0.2, 0) is 22.9 Å². The summed E-state index contributed by atoms with van der Waals surface area (Å²) in [6.07, 6.45) is 5.02. The number of sulfone groups is 1. The maximum Gasteiger partial charge on any atom is 0.191 e. The van der Waals surface area contributed by atoms with E-state index in [9.17, 15) is 8.42 Å². The van der Waals surface area contributed by atoms with Gasteiger partial charge >= 0.3 is 0 Å². The molecule has 0 amide bonds. The largest absolute Gasteiger partial charge is 0.352 e. The molecule has 2 aromatic carbocycles. The Balaban J connectivity index is 0.00000320. The number of benzene rings is 2. The van der Waals surface area contributed by atoms with E-state index in [4.69, 9.17) is 0 Å². The molecule has 9 heteroatoms. The summed E-state index contributed by atoms with van der Waals surface area (Å²) in [5, 5.41) is 10.9. The SMILES string of the molecule is CN=C(NCc1ccc(S(C)(=O)=O)c(C)c1)NCc1cnn(-c2ccccc2)c1.I. The minimum absolute atomic E-state index is 0. The second kappa shape index (κ2) is 10.6. The Bertz CT molecular complexity index is 1110. The maximum atomic E-state index is 11.7. The standard InChI is InChI=1S/C21H25N5O2S.HI/c1-16-11-17(9-10-20(16)29(3,27)28)12-23-21(22-2)24-13-18-14-25-26(15-18)19-7-5-4-6-8-19;/h4-11,14-15H,12-13H2,1-3H3,(H2,22,23,24);1H. The lowest BCUT2D eigenvalue weighted by molar-refractivity contribution is 0.601. The predicted octanol–water partition coefficient (Wildman–Crippen LogP) is 3.07. The first-order chi connectivity index (χ1) is 13.9. The van der Waals surface area contributed by atoms with E-state index < -0.39 is 9.84 Å². The second-order valence-corrected chi connectivity index (χ2v) is 8.76. The van der Waals surface area contributed by atoms with E-state index in [2.05, 4.69) is 20.7 Å². The summed E-state index contributed by atoms with van der Waals surface area (Å²) >= 11 is 0. The second-order valence-electron chi connectivity index (χ2n) is 6.78. The zero-order chi connectivity index (χ0) is 20.9. The smallest absolute Gasteiger partial charge is 0.191 e. The Morgan fingerprint density at radius 1 is 1.07 bits per heavy atom. The van der Waals surface area contributed by atoms with Crippen molar-refractivity contribution >= 4 is 39.8 Å². The molecule has 0 radical (unpaired) electrons. The van der Waals surface area contributed by atoms with Crippen LogP contribution in [0.3, 0.4) is 0 Å². The minimum Gasteiger partial charge on any atom is -0.352 e. The number of nitrogens with one attached hydrogen (secondary N) is 2. The van der Waals surface area contributed by atoms with Crippen LogP contribution in [0.15, 0.2) is 70.8 Å². The van der Waals surface area contributed by atoms with Crippen LogP contribution in [0.5, 0.6) is 0 Å². The van der Waals surface area contributed by atoms with Crippen molar-refractivity contribution in [3.05, 3.63) is 77.6 Å². The van der Waals surface area contributed by atoms with Crippen LogP contribution >= 0.6 is 24.0 Å². The fourth-order valence-corrected chi connectivity index (χ4v) is 3.96. The van der Waals surface area contributed by atoms with Gasteiger partial charge in [-0.3, -0.25) is 4.99 Å². The molecule has 1 heterocycles. The molecule has 0 spiro atoms. The Hall–Kier alpha value is -2.40. The summed E-state index contributed by atoms with van der Waals surface area (Å²) in [5.74, 6) is 0.655. The topological polar surface area (TPSA) is 88.4 Å². The summed E-state index contributed by atoms with van der Waals surface area (Å²) in [4.78, 5) is 4.59. The molecule has 0 saturated heterocycles. The number of hydrogen-bond acceptors (Lipinski definition) is 4. The van der Waals surface area contributed by atoms with Crippen LogP contribution < -0.4 is 10.6 Å². The molecular formula is C21H26IN5O2S. The molecule has 7 nitrogen and oxygen atoms in total. The number of rotatable bonds is 6. The van der Waals surface area contributed by atoms with Crippen LogP contribution in [0.1, 0.15) is 16.7 Å². The van der Waals surface area contributed by atoms with Gasteiger partial charge in [0.15, 0.2) is 15.8 Å². The van der Waals surface area contributed by atoms with E-state index in [1.165, 1.54) is 6.26 Å². The molecule has 0 aliphatic carbocycles. The van der Waals surface area contributed by atoms with Gasteiger partial charge in [0.25, 0.3) is 0 Å². The van der Waals surface area contributed by atoms with Crippen molar-refractivity contribution in [1.29, 1.82) is 0 Å². The number of aliphatic imine (C=N–C) groups is 1. The lowest BCUT2D eigenvalue weighted by atomic mass is 10.1. The Kier molecular flexibility index (Phi) is 8.42. The van der Waals surface area contributed by atoms with Gasteiger partial charge in [0.2, 0.25) is 0 Å². The monoisotopic (exact) mass is 539 g/mol. The van der Waals surface area contributed by atoms with Crippen molar-refractivity contribution in [2.45, 2.75) is 24.9 Å². The van der Waals surface area contributed by atoms with E-state index in [0.29, 0.717) is 23.9 Å². The summed E-state index contributed by atoms with van der Waals surface area (Å²) in [6.45, 7) is 2.92. The fraction of sp³-hybridized carbons (Fsp3) is 0.238. The summed E-state index contributed by atoms with van der Waals surface area (Å²) in [5.41, 5.74) is 3.76. The van der Waals surface area contributed by atoms with Gasteiger partial charge in [0.1, 0.15) is 0 Å². The van der Waals surface area contributed by atoms with Crippen molar-refractivity contribution in [3.63, 3.8) is 0 Å². The molecule has 1 aromatic heterocycles. The highest BCUT2D eigenvalue weighted by Crippen LogP contribution is 2.16. The molecule has 0 fully saturated rings. The molecule has 0 bridgehead atoms. The van der Waals surface area contributed by atoms with Gasteiger partial charge in [-0.25, -0.2) is 13.1 Å². The quantitative estimate of drug-likeness (QED) is 0.286. The van der Waals surface area contributed by atoms with E-state index in [1.807, 2.05) is 59.5 Å². The molecule has 3 aromatic rings. The van der Waals surface area contributed by atoms with Gasteiger partial charge < -0.3 is 10.6 Å². The average molecular weight is 539 g/mol. The van der Waals surface area contributed by atoms with Crippen molar-refractivity contribution in [2.24, 2.45) is 4.99 Å². The third-order valence-electron chi connectivity index (χ3n) is 4.44. The molecule has 0 aliphatic rings. The number of nitrogens with zero attached hydrogens (tertiary/aromatic N) is 3. The zero-order valence-electron chi connectivity index (χ0n) is 17.2. The fourth-order valence-electron chi connectivity index (χ4n) is 3.00. The zero-order valence-corrected chi connectivity index (χ0v) is 20.3. The van der Waals surface area contributed by atoms with Crippen LogP contribution in [-0.4, -0.2) is 37.5 Å². The van der Waals surface area contributed by atoms with Crippen LogP contribution in [0.4, 0.5) is 0 Å². The summed E-state index contributed by atoms with van der Waals surface area (Å²) in [6, 6.07) is 15.3.